The minimum atomic E-state index is -3.78. The van der Waals surface area contributed by atoms with Gasteiger partial charge in [0.25, 0.3) is 15.9 Å². The summed E-state index contributed by atoms with van der Waals surface area (Å²) in [5, 5.41) is 11.3. The molecule has 1 amide bonds. The van der Waals surface area contributed by atoms with Gasteiger partial charge in [-0.3, -0.25) is 9.52 Å². The van der Waals surface area contributed by atoms with Gasteiger partial charge in [0, 0.05) is 17.8 Å². The zero-order valence-corrected chi connectivity index (χ0v) is 17.8. The first-order valence-electron chi connectivity index (χ1n) is 9.09. The molecule has 2 rings (SSSR count). The van der Waals surface area contributed by atoms with E-state index in [0.29, 0.717) is 16.8 Å². The highest BCUT2D eigenvalue weighted by Crippen LogP contribution is 2.30. The summed E-state index contributed by atoms with van der Waals surface area (Å²) >= 11 is 0. The van der Waals surface area contributed by atoms with E-state index in [0.717, 1.165) is 11.1 Å². The van der Waals surface area contributed by atoms with Crippen molar-refractivity contribution >= 4 is 21.6 Å². The molecule has 0 radical (unpaired) electrons. The number of hydrogen-bond acceptors (Lipinski definition) is 4. The fourth-order valence-electron chi connectivity index (χ4n) is 2.71. The van der Waals surface area contributed by atoms with Crippen LogP contribution >= 0.6 is 0 Å². The second-order valence-electron chi connectivity index (χ2n) is 7.83. The van der Waals surface area contributed by atoms with Gasteiger partial charge < -0.3 is 10.4 Å². The molecule has 3 N–H and O–H groups in total. The van der Waals surface area contributed by atoms with Crippen molar-refractivity contribution in [3.8, 4) is 0 Å². The van der Waals surface area contributed by atoms with Crippen molar-refractivity contribution in [2.24, 2.45) is 0 Å². The molecule has 0 atom stereocenters. The van der Waals surface area contributed by atoms with Gasteiger partial charge in [0.15, 0.2) is 0 Å². The molecule has 0 unspecified atom stereocenters. The Hall–Kier alpha value is -2.38. The van der Waals surface area contributed by atoms with Crippen LogP contribution in [-0.2, 0) is 15.4 Å². The van der Waals surface area contributed by atoms with E-state index in [9.17, 15) is 13.2 Å². The standard InChI is InChI=1S/C21H28N2O4S/c1-14-12-17(21(3,4)5)13-19(15(14)2)28(26,27)23-18-8-6-16(7-9-18)20(25)22-10-11-24/h6-9,12-13,23-24H,10-11H2,1-5H3,(H,22,25). The fraction of sp³-hybridized carbons (Fsp3) is 0.381. The van der Waals surface area contributed by atoms with Gasteiger partial charge in [0.2, 0.25) is 0 Å². The molecule has 7 heteroatoms. The molecule has 0 fully saturated rings. The molecule has 0 aliphatic rings. The second kappa shape index (κ2) is 8.32. The lowest BCUT2D eigenvalue weighted by molar-refractivity contribution is 0.0945. The predicted octanol–water partition coefficient (Wildman–Crippen LogP) is 3.12. The Morgan fingerprint density at radius 2 is 1.68 bits per heavy atom. The molecule has 152 valence electrons. The van der Waals surface area contributed by atoms with Crippen molar-refractivity contribution in [3.63, 3.8) is 0 Å². The average Bonchev–Trinajstić information content (AvgIpc) is 2.61. The first kappa shape index (κ1) is 21.9. The lowest BCUT2D eigenvalue weighted by atomic mass is 9.85. The van der Waals surface area contributed by atoms with E-state index in [-0.39, 0.29) is 29.4 Å². The van der Waals surface area contributed by atoms with Crippen LogP contribution in [0.25, 0.3) is 0 Å². The largest absolute Gasteiger partial charge is 0.395 e. The number of aliphatic hydroxyl groups is 1. The van der Waals surface area contributed by atoms with Crippen molar-refractivity contribution < 1.29 is 18.3 Å². The topological polar surface area (TPSA) is 95.5 Å². The molecule has 2 aromatic carbocycles. The van der Waals surface area contributed by atoms with E-state index in [1.54, 1.807) is 25.1 Å². The van der Waals surface area contributed by atoms with Gasteiger partial charge in [-0.05, 0) is 66.3 Å². The van der Waals surface area contributed by atoms with E-state index in [2.05, 4.69) is 10.0 Å². The highest BCUT2D eigenvalue weighted by Gasteiger charge is 2.23. The number of aliphatic hydroxyl groups excluding tert-OH is 1. The zero-order chi connectivity index (χ0) is 21.1. The average molecular weight is 405 g/mol. The Morgan fingerprint density at radius 1 is 1.07 bits per heavy atom. The number of sulfonamides is 1. The molecule has 0 aliphatic carbocycles. The summed E-state index contributed by atoms with van der Waals surface area (Å²) in [6.45, 7) is 9.85. The van der Waals surface area contributed by atoms with Crippen LogP contribution in [-0.4, -0.2) is 32.6 Å². The van der Waals surface area contributed by atoms with Crippen molar-refractivity contribution in [2.45, 2.75) is 44.9 Å². The third-order valence-electron chi connectivity index (χ3n) is 4.57. The van der Waals surface area contributed by atoms with Crippen LogP contribution in [0.3, 0.4) is 0 Å². The number of carbonyl (C=O) groups excluding carboxylic acids is 1. The monoisotopic (exact) mass is 404 g/mol. The van der Waals surface area contributed by atoms with Crippen molar-refractivity contribution in [3.05, 3.63) is 58.7 Å². The van der Waals surface area contributed by atoms with E-state index in [1.165, 1.54) is 12.1 Å². The van der Waals surface area contributed by atoms with Gasteiger partial charge in [0.1, 0.15) is 0 Å². The number of hydrogen-bond donors (Lipinski definition) is 3. The summed E-state index contributed by atoms with van der Waals surface area (Å²) < 4.78 is 28.6. The number of amides is 1. The Balaban J connectivity index is 2.31. The van der Waals surface area contributed by atoms with E-state index in [1.807, 2.05) is 33.8 Å². The van der Waals surface area contributed by atoms with Crippen LogP contribution < -0.4 is 10.0 Å². The SMILES string of the molecule is Cc1cc(C(C)(C)C)cc(S(=O)(=O)Nc2ccc(C(=O)NCCO)cc2)c1C. The molecular formula is C21H28N2O4S. The van der Waals surface area contributed by atoms with Crippen molar-refractivity contribution in [1.29, 1.82) is 0 Å². The number of nitrogens with one attached hydrogen (secondary N) is 2. The smallest absolute Gasteiger partial charge is 0.262 e. The maximum Gasteiger partial charge on any atom is 0.262 e. The number of carbonyl (C=O) groups is 1. The van der Waals surface area contributed by atoms with Gasteiger partial charge >= 0.3 is 0 Å². The molecule has 28 heavy (non-hydrogen) atoms. The molecule has 0 bridgehead atoms. The van der Waals surface area contributed by atoms with Gasteiger partial charge in [-0.2, -0.15) is 0 Å². The van der Waals surface area contributed by atoms with Gasteiger partial charge in [-0.1, -0.05) is 26.8 Å². The number of rotatable bonds is 6. The van der Waals surface area contributed by atoms with E-state index in [4.69, 9.17) is 5.11 Å². The first-order chi connectivity index (χ1) is 13.0. The third kappa shape index (κ3) is 5.11. The molecule has 2 aromatic rings. The Kier molecular flexibility index (Phi) is 6.52. The number of benzene rings is 2. The maximum absolute atomic E-state index is 13.0. The van der Waals surface area contributed by atoms with Gasteiger partial charge in [-0.25, -0.2) is 8.42 Å². The second-order valence-corrected chi connectivity index (χ2v) is 9.48. The van der Waals surface area contributed by atoms with Crippen molar-refractivity contribution in [1.82, 2.24) is 5.32 Å². The first-order valence-corrected chi connectivity index (χ1v) is 10.6. The fourth-order valence-corrected chi connectivity index (χ4v) is 4.11. The van der Waals surface area contributed by atoms with Crippen LogP contribution in [0.15, 0.2) is 41.3 Å². The Morgan fingerprint density at radius 3 is 2.21 bits per heavy atom. The normalized spacial score (nSPS) is 11.9. The maximum atomic E-state index is 13.0. The van der Waals surface area contributed by atoms with Crippen LogP contribution in [0.4, 0.5) is 5.69 Å². The third-order valence-corrected chi connectivity index (χ3v) is 6.08. The summed E-state index contributed by atoms with van der Waals surface area (Å²) in [5.41, 5.74) is 3.16. The number of anilines is 1. The van der Waals surface area contributed by atoms with Crippen LogP contribution in [0, 0.1) is 13.8 Å². The predicted molar refractivity (Wildman–Crippen MR) is 111 cm³/mol. The number of aryl methyl sites for hydroxylation is 1. The van der Waals surface area contributed by atoms with Crippen LogP contribution in [0.5, 0.6) is 0 Å². The molecule has 0 heterocycles. The summed E-state index contributed by atoms with van der Waals surface area (Å²) in [6, 6.07) is 9.90. The molecule has 0 spiro atoms. The van der Waals surface area contributed by atoms with E-state index < -0.39 is 10.0 Å². The summed E-state index contributed by atoms with van der Waals surface area (Å²) in [4.78, 5) is 12.1. The lowest BCUT2D eigenvalue weighted by Crippen LogP contribution is -2.26. The molecule has 0 aromatic heterocycles. The van der Waals surface area contributed by atoms with Crippen LogP contribution in [0.1, 0.15) is 47.8 Å². The highest BCUT2D eigenvalue weighted by atomic mass is 32.2. The molecule has 0 saturated carbocycles. The zero-order valence-electron chi connectivity index (χ0n) is 17.0. The Labute approximate surface area is 167 Å². The van der Waals surface area contributed by atoms with Crippen molar-refractivity contribution in [2.75, 3.05) is 17.9 Å². The molecule has 6 nitrogen and oxygen atoms in total. The molecule has 0 aliphatic heterocycles. The van der Waals surface area contributed by atoms with Crippen LogP contribution in [0.2, 0.25) is 0 Å². The van der Waals surface area contributed by atoms with Gasteiger partial charge in [0.05, 0.1) is 11.5 Å². The minimum Gasteiger partial charge on any atom is -0.395 e. The molecular weight excluding hydrogens is 376 g/mol. The summed E-state index contributed by atoms with van der Waals surface area (Å²) in [5.74, 6) is -0.326. The molecule has 0 saturated heterocycles. The summed E-state index contributed by atoms with van der Waals surface area (Å²) in [6.07, 6.45) is 0. The quantitative estimate of drug-likeness (QED) is 0.689. The van der Waals surface area contributed by atoms with E-state index >= 15 is 0 Å². The Bertz CT molecular complexity index is 959. The summed E-state index contributed by atoms with van der Waals surface area (Å²) in [7, 11) is -3.78. The lowest BCUT2D eigenvalue weighted by Gasteiger charge is -2.22. The highest BCUT2D eigenvalue weighted by molar-refractivity contribution is 7.92. The van der Waals surface area contributed by atoms with Gasteiger partial charge in [-0.15, -0.1) is 0 Å². The minimum absolute atomic E-state index is 0.143.